The molecule has 0 bridgehead atoms. The van der Waals surface area contributed by atoms with E-state index in [-0.39, 0.29) is 37.2 Å². The molecule has 4 aliphatic heterocycles. The lowest BCUT2D eigenvalue weighted by molar-refractivity contribution is -0.172. The van der Waals surface area contributed by atoms with Gasteiger partial charge in [-0.05, 0) is 97.8 Å². The standard InChI is InChI=1S/2C27H23NO7/c2*1-12-8-13-6-7-16(30)21-19(13)18(9-12)35-27(21)15-4-3-5-17(34-2)20(15)22(31)25-10-14(29)11-26(25,27)24(33)28-23(25)32/h2*3-9,14,22,29-31H,10-11H2,1-2H3,(H,28,32,33)/t2*14-,22-,25+,26-,27+/m10/s1. The zero-order valence-electron chi connectivity index (χ0n) is 38.2. The van der Waals surface area contributed by atoms with Gasteiger partial charge in [0.2, 0.25) is 23.6 Å². The molecule has 6 aromatic rings. The summed E-state index contributed by atoms with van der Waals surface area (Å²) in [6.45, 7) is 3.85. The largest absolute Gasteiger partial charge is 0.507 e. The average Bonchev–Trinajstić information content (AvgIpc) is 4.14. The summed E-state index contributed by atoms with van der Waals surface area (Å²) in [6.07, 6.45) is -5.51. The van der Waals surface area contributed by atoms with Gasteiger partial charge in [0.25, 0.3) is 0 Å². The fourth-order valence-electron chi connectivity index (χ4n) is 15.3. The summed E-state index contributed by atoms with van der Waals surface area (Å²) in [6, 6.07) is 24.5. The molecule has 4 amide bonds. The highest BCUT2D eigenvalue weighted by atomic mass is 16.5. The molecule has 14 rings (SSSR count). The maximum absolute atomic E-state index is 13.9. The number of fused-ring (bicyclic) bond motifs is 6. The molecule has 8 aliphatic rings. The number of hydrogen-bond donors (Lipinski definition) is 8. The average molecular weight is 947 g/mol. The molecule has 0 radical (unpaired) electrons. The lowest BCUT2D eigenvalue weighted by atomic mass is 9.48. The Bertz CT molecular complexity index is 3260. The van der Waals surface area contributed by atoms with E-state index >= 15 is 0 Å². The van der Waals surface area contributed by atoms with Crippen molar-refractivity contribution in [2.75, 3.05) is 14.2 Å². The lowest BCUT2D eigenvalue weighted by Gasteiger charge is -2.54. The van der Waals surface area contributed by atoms with Gasteiger partial charge in [-0.25, -0.2) is 0 Å². The zero-order chi connectivity index (χ0) is 49.0. The van der Waals surface area contributed by atoms with Crippen LogP contribution in [0.4, 0.5) is 0 Å². The number of carbonyl (C=O) groups is 4. The van der Waals surface area contributed by atoms with E-state index in [4.69, 9.17) is 18.9 Å². The van der Waals surface area contributed by atoms with Gasteiger partial charge in [-0.3, -0.25) is 29.8 Å². The number of rotatable bonds is 2. The van der Waals surface area contributed by atoms with Crippen molar-refractivity contribution in [3.8, 4) is 34.5 Å². The number of benzene rings is 6. The van der Waals surface area contributed by atoms with Crippen LogP contribution >= 0.6 is 0 Å². The lowest BCUT2D eigenvalue weighted by Crippen LogP contribution is -2.63. The Labute approximate surface area is 398 Å². The highest BCUT2D eigenvalue weighted by Crippen LogP contribution is 2.79. The van der Waals surface area contributed by atoms with E-state index in [2.05, 4.69) is 10.6 Å². The highest BCUT2D eigenvalue weighted by Gasteiger charge is 2.87. The van der Waals surface area contributed by atoms with E-state index in [9.17, 15) is 49.8 Å². The van der Waals surface area contributed by atoms with Gasteiger partial charge in [0, 0.05) is 33.0 Å². The van der Waals surface area contributed by atoms with Gasteiger partial charge in [-0.15, -0.1) is 0 Å². The Morgan fingerprint density at radius 2 is 0.943 bits per heavy atom. The molecule has 0 unspecified atom stereocenters. The number of aliphatic hydroxyl groups excluding tert-OH is 4. The molecular weight excluding hydrogens is 901 g/mol. The van der Waals surface area contributed by atoms with Crippen LogP contribution in [0.3, 0.4) is 0 Å². The molecule has 4 aliphatic carbocycles. The number of nitrogens with one attached hydrogen (secondary N) is 2. The number of aliphatic hydroxyl groups is 4. The number of ether oxygens (including phenoxy) is 4. The number of methoxy groups -OCH3 is 2. The highest BCUT2D eigenvalue weighted by molar-refractivity contribution is 6.15. The summed E-state index contributed by atoms with van der Waals surface area (Å²) >= 11 is 0. The fraction of sp³-hybridized carbons (Fsp3) is 0.333. The maximum Gasteiger partial charge on any atom is 0.238 e. The quantitative estimate of drug-likeness (QED) is 0.110. The number of hydrogen-bond acceptors (Lipinski definition) is 14. The van der Waals surface area contributed by atoms with Crippen LogP contribution in [0.5, 0.6) is 34.5 Å². The summed E-state index contributed by atoms with van der Waals surface area (Å²) < 4.78 is 24.9. The van der Waals surface area contributed by atoms with Crippen molar-refractivity contribution in [3.63, 3.8) is 0 Å². The molecule has 4 fully saturated rings. The third kappa shape index (κ3) is 4.30. The van der Waals surface area contributed by atoms with Gasteiger partial charge in [0.05, 0.1) is 49.8 Å². The number of phenolic OH excluding ortho intramolecular Hbond substituents is 2. The van der Waals surface area contributed by atoms with Crippen molar-refractivity contribution in [2.24, 2.45) is 21.7 Å². The first-order valence-electron chi connectivity index (χ1n) is 23.2. The Hall–Kier alpha value is -7.24. The van der Waals surface area contributed by atoms with Crippen molar-refractivity contribution in [1.29, 1.82) is 0 Å². The SMILES string of the molecule is COc1cccc2c1[C@@H](O)[C@]13C[C@@H](O)C[C@]1(C(=O)NC3=O)[C@]21Oc2cc(C)cc3ccc(O)c1c23.COc1cccc2c1[C@H](O)[C@@]13C[C@H](O)C[C@@]1(C(=O)NC3=O)[C@@]21Oc2cc(C)cc3ccc(O)c1c23. The van der Waals surface area contributed by atoms with Gasteiger partial charge in [-0.2, -0.15) is 0 Å². The van der Waals surface area contributed by atoms with Crippen LogP contribution in [0.15, 0.2) is 84.9 Å². The van der Waals surface area contributed by atoms with Gasteiger partial charge in [-0.1, -0.05) is 48.5 Å². The molecule has 8 N–H and O–H groups in total. The predicted molar refractivity (Wildman–Crippen MR) is 246 cm³/mol. The third-order valence-electron chi connectivity index (χ3n) is 17.4. The molecule has 2 spiro atoms. The zero-order valence-corrected chi connectivity index (χ0v) is 38.2. The van der Waals surface area contributed by atoms with Crippen LogP contribution in [-0.2, 0) is 30.4 Å². The van der Waals surface area contributed by atoms with Crippen LogP contribution in [0, 0.1) is 35.5 Å². The number of aromatic hydroxyl groups is 2. The number of phenols is 2. The molecule has 356 valence electrons. The number of carbonyl (C=O) groups excluding carboxylic acids is 4. The van der Waals surface area contributed by atoms with Crippen LogP contribution in [-0.4, -0.2) is 80.7 Å². The Kier molecular flexibility index (Phi) is 8.16. The van der Waals surface area contributed by atoms with Crippen molar-refractivity contribution < 1.29 is 68.8 Å². The molecule has 16 heteroatoms. The van der Waals surface area contributed by atoms with Crippen LogP contribution < -0.4 is 29.6 Å². The van der Waals surface area contributed by atoms with Gasteiger partial charge in [0.1, 0.15) is 56.2 Å². The monoisotopic (exact) mass is 946 g/mol. The van der Waals surface area contributed by atoms with Gasteiger partial charge >= 0.3 is 0 Å². The second-order valence-corrected chi connectivity index (χ2v) is 20.3. The van der Waals surface area contributed by atoms with E-state index in [1.165, 1.54) is 14.2 Å². The van der Waals surface area contributed by atoms with Crippen molar-refractivity contribution in [3.05, 3.63) is 129 Å². The Morgan fingerprint density at radius 1 is 0.543 bits per heavy atom. The summed E-state index contributed by atoms with van der Waals surface area (Å²) in [5, 5.41) is 76.2. The van der Waals surface area contributed by atoms with Gasteiger partial charge < -0.3 is 49.6 Å². The summed E-state index contributed by atoms with van der Waals surface area (Å²) in [5.74, 6) is -1.19. The molecule has 16 nitrogen and oxygen atoms in total. The van der Waals surface area contributed by atoms with E-state index in [1.807, 2.05) is 38.1 Å². The maximum atomic E-state index is 13.9. The normalized spacial score (nSPS) is 33.9. The molecule has 2 saturated carbocycles. The summed E-state index contributed by atoms with van der Waals surface area (Å²) in [4.78, 5) is 55.1. The first-order valence-corrected chi connectivity index (χ1v) is 23.2. The van der Waals surface area contributed by atoms with Crippen molar-refractivity contribution >= 4 is 45.2 Å². The molecule has 10 atom stereocenters. The molecule has 70 heavy (non-hydrogen) atoms. The Morgan fingerprint density at radius 3 is 1.33 bits per heavy atom. The first kappa shape index (κ1) is 42.8. The minimum Gasteiger partial charge on any atom is -0.507 e. The minimum atomic E-state index is -1.73. The molecule has 6 aromatic carbocycles. The minimum absolute atomic E-state index is 0.0953. The summed E-state index contributed by atoms with van der Waals surface area (Å²) in [5.41, 5.74) is -6.23. The molecule has 2 saturated heterocycles. The van der Waals surface area contributed by atoms with Crippen LogP contribution in [0.1, 0.15) is 82.4 Å². The number of imide groups is 2. The van der Waals surface area contributed by atoms with Gasteiger partial charge in [0.15, 0.2) is 11.2 Å². The second kappa shape index (κ2) is 13.3. The molecular formula is C54H46N2O14. The number of aryl methyl sites for hydroxylation is 2. The topological polar surface area (TPSA) is 251 Å². The van der Waals surface area contributed by atoms with E-state index < -0.39 is 80.9 Å². The number of amides is 4. The summed E-state index contributed by atoms with van der Waals surface area (Å²) in [7, 11) is 2.92. The second-order valence-electron chi connectivity index (χ2n) is 20.3. The molecule has 4 heterocycles. The molecule has 0 aromatic heterocycles. The van der Waals surface area contributed by atoms with E-state index in [0.717, 1.165) is 21.9 Å². The Balaban J connectivity index is 0.000000137. The van der Waals surface area contributed by atoms with Crippen LogP contribution in [0.25, 0.3) is 21.5 Å². The van der Waals surface area contributed by atoms with E-state index in [0.29, 0.717) is 67.2 Å². The van der Waals surface area contributed by atoms with Crippen LogP contribution in [0.2, 0.25) is 0 Å². The smallest absolute Gasteiger partial charge is 0.238 e. The van der Waals surface area contributed by atoms with E-state index in [1.54, 1.807) is 60.7 Å². The fourth-order valence-corrected chi connectivity index (χ4v) is 15.3. The first-order chi connectivity index (χ1) is 33.4. The van der Waals surface area contributed by atoms with Crippen molar-refractivity contribution in [1.82, 2.24) is 10.6 Å². The third-order valence-corrected chi connectivity index (χ3v) is 17.4. The van der Waals surface area contributed by atoms with Crippen molar-refractivity contribution in [2.45, 2.75) is 75.1 Å². The predicted octanol–water partition coefficient (Wildman–Crippen LogP) is 4.66.